The van der Waals surface area contributed by atoms with Gasteiger partial charge in [-0.05, 0) is 55.4 Å². The van der Waals surface area contributed by atoms with Crippen molar-refractivity contribution < 1.29 is 4.79 Å². The summed E-state index contributed by atoms with van der Waals surface area (Å²) in [7, 11) is 0. The van der Waals surface area contributed by atoms with Crippen LogP contribution in [0.3, 0.4) is 0 Å². The highest BCUT2D eigenvalue weighted by atomic mass is 16.2. The van der Waals surface area contributed by atoms with Crippen LogP contribution in [0.4, 0.5) is 5.95 Å². The highest BCUT2D eigenvalue weighted by molar-refractivity contribution is 5.78. The van der Waals surface area contributed by atoms with E-state index in [1.165, 1.54) is 42.4 Å². The Bertz CT molecular complexity index is 802. The van der Waals surface area contributed by atoms with E-state index in [4.69, 9.17) is 0 Å². The summed E-state index contributed by atoms with van der Waals surface area (Å²) in [6.07, 6.45) is 8.46. The lowest BCUT2D eigenvalue weighted by molar-refractivity contribution is -0.123. The van der Waals surface area contributed by atoms with Gasteiger partial charge >= 0.3 is 0 Å². The van der Waals surface area contributed by atoms with Gasteiger partial charge in [0.1, 0.15) is 0 Å². The van der Waals surface area contributed by atoms with Crippen LogP contribution in [0.15, 0.2) is 36.7 Å². The zero-order valence-corrected chi connectivity index (χ0v) is 16.6. The second kappa shape index (κ2) is 8.69. The first-order valence-corrected chi connectivity index (χ1v) is 10.3. The summed E-state index contributed by atoms with van der Waals surface area (Å²) in [6.45, 7) is 5.90. The van der Waals surface area contributed by atoms with Crippen molar-refractivity contribution in [2.75, 3.05) is 37.6 Å². The minimum atomic E-state index is 0.0405. The molecule has 1 amide bonds. The van der Waals surface area contributed by atoms with E-state index in [1.54, 1.807) is 12.4 Å². The van der Waals surface area contributed by atoms with Crippen LogP contribution in [0.25, 0.3) is 0 Å². The molecule has 1 aliphatic carbocycles. The number of hydrogen-bond acceptors (Lipinski definition) is 5. The summed E-state index contributed by atoms with van der Waals surface area (Å²) < 4.78 is 0. The lowest BCUT2D eigenvalue weighted by Crippen LogP contribution is -2.50. The van der Waals surface area contributed by atoms with Gasteiger partial charge in [-0.3, -0.25) is 9.69 Å². The number of fused-ring (bicyclic) bond motifs is 1. The molecule has 1 fully saturated rings. The van der Waals surface area contributed by atoms with Gasteiger partial charge in [-0.25, -0.2) is 9.97 Å². The summed E-state index contributed by atoms with van der Waals surface area (Å²) in [5.74, 6) is 0.863. The predicted octanol–water partition coefficient (Wildman–Crippen LogP) is 2.35. The Balaban J connectivity index is 1.27. The van der Waals surface area contributed by atoms with Gasteiger partial charge in [0.15, 0.2) is 0 Å². The molecule has 0 bridgehead atoms. The summed E-state index contributed by atoms with van der Waals surface area (Å²) in [5.41, 5.74) is 4.15. The number of rotatable bonds is 5. The highest BCUT2D eigenvalue weighted by Crippen LogP contribution is 2.24. The topological polar surface area (TPSA) is 61.4 Å². The van der Waals surface area contributed by atoms with Crippen molar-refractivity contribution in [3.63, 3.8) is 0 Å². The van der Waals surface area contributed by atoms with Crippen LogP contribution in [0.2, 0.25) is 0 Å². The maximum Gasteiger partial charge on any atom is 0.234 e. The Hall–Kier alpha value is -2.47. The molecule has 1 N–H and O–H groups in total. The van der Waals surface area contributed by atoms with Crippen LogP contribution < -0.4 is 10.2 Å². The van der Waals surface area contributed by atoms with Crippen LogP contribution in [-0.2, 0) is 17.6 Å². The molecule has 0 saturated carbocycles. The Labute approximate surface area is 167 Å². The quantitative estimate of drug-likeness (QED) is 0.864. The molecule has 148 valence electrons. The predicted molar refractivity (Wildman–Crippen MR) is 110 cm³/mol. The van der Waals surface area contributed by atoms with Crippen LogP contribution in [0.1, 0.15) is 42.5 Å². The smallest absolute Gasteiger partial charge is 0.234 e. The fourth-order valence-corrected chi connectivity index (χ4v) is 4.16. The second-order valence-electron chi connectivity index (χ2n) is 7.84. The molecule has 6 nitrogen and oxygen atoms in total. The van der Waals surface area contributed by atoms with Crippen molar-refractivity contribution in [2.45, 2.75) is 38.6 Å². The van der Waals surface area contributed by atoms with E-state index in [0.29, 0.717) is 6.54 Å². The summed E-state index contributed by atoms with van der Waals surface area (Å²) in [5, 5.41) is 3.17. The summed E-state index contributed by atoms with van der Waals surface area (Å²) in [6, 6.07) is 8.58. The molecule has 4 rings (SSSR count). The molecule has 2 aromatic rings. The van der Waals surface area contributed by atoms with Crippen molar-refractivity contribution in [2.24, 2.45) is 0 Å². The van der Waals surface area contributed by atoms with E-state index < -0.39 is 0 Å². The molecule has 0 radical (unpaired) electrons. The fraction of sp³-hybridized carbons (Fsp3) is 0.500. The second-order valence-corrected chi connectivity index (χ2v) is 7.84. The van der Waals surface area contributed by atoms with Crippen molar-refractivity contribution in [3.8, 4) is 0 Å². The largest absolute Gasteiger partial charge is 0.348 e. The third kappa shape index (κ3) is 4.50. The van der Waals surface area contributed by atoms with Gasteiger partial charge in [0.2, 0.25) is 11.9 Å². The normalized spacial score (nSPS) is 18.4. The van der Waals surface area contributed by atoms with E-state index in [1.807, 2.05) is 6.07 Å². The first kappa shape index (κ1) is 18.9. The maximum atomic E-state index is 12.5. The van der Waals surface area contributed by atoms with E-state index in [2.05, 4.69) is 50.2 Å². The lowest BCUT2D eigenvalue weighted by atomic mass is 9.89. The molecule has 2 heterocycles. The third-order valence-corrected chi connectivity index (χ3v) is 5.82. The van der Waals surface area contributed by atoms with Crippen molar-refractivity contribution in [1.82, 2.24) is 20.2 Å². The van der Waals surface area contributed by atoms with E-state index in [-0.39, 0.29) is 11.9 Å². The van der Waals surface area contributed by atoms with Crippen molar-refractivity contribution >= 4 is 11.9 Å². The minimum Gasteiger partial charge on any atom is -0.348 e. The van der Waals surface area contributed by atoms with Crippen molar-refractivity contribution in [3.05, 3.63) is 53.3 Å². The highest BCUT2D eigenvalue weighted by Gasteiger charge is 2.21. The molecule has 1 aliphatic heterocycles. The standard InChI is InChI=1S/C22H29N5O/c1-17(19-8-7-18-5-2-3-6-20(18)15-19)25-21(28)16-26-11-13-27(14-12-26)22-23-9-4-10-24-22/h4,7-10,15,17H,2-3,5-6,11-14,16H2,1H3,(H,25,28)/t17-/m1/s1. The Kier molecular flexibility index (Phi) is 5.86. The summed E-state index contributed by atoms with van der Waals surface area (Å²) >= 11 is 0. The number of benzene rings is 1. The molecule has 1 atom stereocenters. The average Bonchev–Trinajstić information content (AvgIpc) is 2.74. The maximum absolute atomic E-state index is 12.5. The van der Waals surface area contributed by atoms with Gasteiger partial charge in [0.25, 0.3) is 0 Å². The molecular weight excluding hydrogens is 350 g/mol. The zero-order valence-electron chi connectivity index (χ0n) is 16.6. The molecule has 1 saturated heterocycles. The molecule has 6 heteroatoms. The number of carbonyl (C=O) groups excluding carboxylic acids is 1. The molecule has 2 aliphatic rings. The molecule has 1 aromatic carbocycles. The first-order chi connectivity index (χ1) is 13.7. The third-order valence-electron chi connectivity index (χ3n) is 5.82. The SMILES string of the molecule is C[C@@H](NC(=O)CN1CCN(c2ncccn2)CC1)c1ccc2c(c1)CCCC2. The van der Waals surface area contributed by atoms with Gasteiger partial charge in [0, 0.05) is 38.6 Å². The Morgan fingerprint density at radius 3 is 2.54 bits per heavy atom. The molecular formula is C22H29N5O. The minimum absolute atomic E-state index is 0.0405. The number of anilines is 1. The van der Waals surface area contributed by atoms with Gasteiger partial charge in [-0.15, -0.1) is 0 Å². The fourth-order valence-electron chi connectivity index (χ4n) is 4.16. The van der Waals surface area contributed by atoms with Gasteiger partial charge in [-0.1, -0.05) is 18.2 Å². The average molecular weight is 380 g/mol. The number of aryl methyl sites for hydroxylation is 2. The number of aromatic nitrogens is 2. The Morgan fingerprint density at radius 2 is 1.79 bits per heavy atom. The first-order valence-electron chi connectivity index (χ1n) is 10.3. The Morgan fingerprint density at radius 1 is 1.07 bits per heavy atom. The van der Waals surface area contributed by atoms with E-state index in [0.717, 1.165) is 32.1 Å². The zero-order chi connectivity index (χ0) is 19.3. The number of nitrogens with zero attached hydrogens (tertiary/aromatic N) is 4. The monoisotopic (exact) mass is 379 g/mol. The number of piperazine rings is 1. The number of nitrogens with one attached hydrogen (secondary N) is 1. The van der Waals surface area contributed by atoms with Gasteiger partial charge < -0.3 is 10.2 Å². The lowest BCUT2D eigenvalue weighted by Gasteiger charge is -2.34. The number of hydrogen-bond donors (Lipinski definition) is 1. The van der Waals surface area contributed by atoms with E-state index in [9.17, 15) is 4.79 Å². The summed E-state index contributed by atoms with van der Waals surface area (Å²) in [4.78, 5) is 25.5. The number of carbonyl (C=O) groups is 1. The van der Waals surface area contributed by atoms with E-state index >= 15 is 0 Å². The molecule has 0 unspecified atom stereocenters. The number of amides is 1. The van der Waals surface area contributed by atoms with Crippen molar-refractivity contribution in [1.29, 1.82) is 0 Å². The van der Waals surface area contributed by atoms with Crippen LogP contribution in [-0.4, -0.2) is 53.5 Å². The van der Waals surface area contributed by atoms with Gasteiger partial charge in [-0.2, -0.15) is 0 Å². The van der Waals surface area contributed by atoms with Crippen LogP contribution >= 0.6 is 0 Å². The molecule has 0 spiro atoms. The molecule has 1 aromatic heterocycles. The molecule has 28 heavy (non-hydrogen) atoms. The van der Waals surface area contributed by atoms with Crippen LogP contribution in [0.5, 0.6) is 0 Å². The van der Waals surface area contributed by atoms with Crippen LogP contribution in [0, 0.1) is 0 Å². The van der Waals surface area contributed by atoms with Gasteiger partial charge in [0.05, 0.1) is 12.6 Å².